The molecule has 2 rings (SSSR count). The van der Waals surface area contributed by atoms with Gasteiger partial charge >= 0.3 is 0 Å². The number of nitrogens with one attached hydrogen (secondary N) is 1. The number of carbonyl (C=O) groups is 1. The van der Waals surface area contributed by atoms with Crippen LogP contribution in [0.3, 0.4) is 0 Å². The molecule has 122 valence electrons. The summed E-state index contributed by atoms with van der Waals surface area (Å²) in [4.78, 5) is 16.3. The maximum Gasteiger partial charge on any atom is 0.241 e. The topological polar surface area (TPSA) is 68.0 Å². The number of thiazole rings is 1. The highest BCUT2D eigenvalue weighted by atomic mass is 35.5. The van der Waals surface area contributed by atoms with Gasteiger partial charge < -0.3 is 11.1 Å². The van der Waals surface area contributed by atoms with Crippen LogP contribution in [-0.4, -0.2) is 17.4 Å². The van der Waals surface area contributed by atoms with E-state index in [4.69, 9.17) is 5.73 Å². The van der Waals surface area contributed by atoms with Gasteiger partial charge in [0.25, 0.3) is 0 Å². The van der Waals surface area contributed by atoms with Crippen LogP contribution in [-0.2, 0) is 11.2 Å². The highest BCUT2D eigenvalue weighted by Gasteiger charge is 2.14. The Labute approximate surface area is 147 Å². The van der Waals surface area contributed by atoms with Crippen molar-refractivity contribution < 1.29 is 4.79 Å². The molecule has 1 heterocycles. The minimum Gasteiger partial charge on any atom is -0.354 e. The summed E-state index contributed by atoms with van der Waals surface area (Å²) >= 11 is 1.62. The first-order valence-corrected chi connectivity index (χ1v) is 7.45. The van der Waals surface area contributed by atoms with Crippen LogP contribution in [0.5, 0.6) is 0 Å². The standard InChI is InChI=1S/C15H19N3OS.2ClH/c1-10-3-5-12(6-4-10)14(16)15(19)17-8-7-13-9-20-11(2)18-13;;/h3-6,9,14H,7-8,16H2,1-2H3,(H,17,19);2*1H. The molecule has 4 nitrogen and oxygen atoms in total. The Morgan fingerprint density at radius 2 is 1.91 bits per heavy atom. The van der Waals surface area contributed by atoms with Gasteiger partial charge in [-0.1, -0.05) is 29.8 Å². The molecule has 1 atom stereocenters. The van der Waals surface area contributed by atoms with E-state index in [1.165, 1.54) is 0 Å². The van der Waals surface area contributed by atoms with Gasteiger partial charge in [-0.15, -0.1) is 36.2 Å². The average Bonchev–Trinajstić information content (AvgIpc) is 2.84. The summed E-state index contributed by atoms with van der Waals surface area (Å²) < 4.78 is 0. The molecule has 0 spiro atoms. The highest BCUT2D eigenvalue weighted by Crippen LogP contribution is 2.12. The number of rotatable bonds is 5. The number of aryl methyl sites for hydroxylation is 2. The molecule has 1 aromatic carbocycles. The lowest BCUT2D eigenvalue weighted by Gasteiger charge is -2.12. The largest absolute Gasteiger partial charge is 0.354 e. The monoisotopic (exact) mass is 361 g/mol. The average molecular weight is 362 g/mol. The second-order valence-corrected chi connectivity index (χ2v) is 5.85. The Morgan fingerprint density at radius 1 is 1.27 bits per heavy atom. The summed E-state index contributed by atoms with van der Waals surface area (Å²) in [6, 6.07) is 7.08. The van der Waals surface area contributed by atoms with E-state index < -0.39 is 6.04 Å². The van der Waals surface area contributed by atoms with Crippen molar-refractivity contribution in [2.75, 3.05) is 6.54 Å². The van der Waals surface area contributed by atoms with Crippen molar-refractivity contribution in [3.8, 4) is 0 Å². The molecule has 0 saturated carbocycles. The Morgan fingerprint density at radius 3 is 2.45 bits per heavy atom. The Kier molecular flexibility index (Phi) is 9.28. The molecule has 22 heavy (non-hydrogen) atoms. The van der Waals surface area contributed by atoms with Crippen LogP contribution >= 0.6 is 36.2 Å². The summed E-state index contributed by atoms with van der Waals surface area (Å²) in [6.07, 6.45) is 0.733. The number of amides is 1. The molecule has 7 heteroatoms. The molecule has 0 fully saturated rings. The van der Waals surface area contributed by atoms with Gasteiger partial charge in [-0.25, -0.2) is 4.98 Å². The normalized spacial score (nSPS) is 11.0. The minimum atomic E-state index is -0.618. The molecule has 0 saturated heterocycles. The Balaban J connectivity index is 0.00000220. The lowest BCUT2D eigenvalue weighted by Crippen LogP contribution is -2.35. The molecule has 0 bridgehead atoms. The predicted molar refractivity (Wildman–Crippen MR) is 96.2 cm³/mol. The third kappa shape index (κ3) is 5.93. The number of benzene rings is 1. The number of nitrogens with two attached hydrogens (primary N) is 1. The van der Waals surface area contributed by atoms with Crippen molar-refractivity contribution in [1.82, 2.24) is 10.3 Å². The van der Waals surface area contributed by atoms with E-state index in [0.29, 0.717) is 6.54 Å². The van der Waals surface area contributed by atoms with E-state index >= 15 is 0 Å². The number of hydrogen-bond donors (Lipinski definition) is 2. The molecule has 0 aliphatic heterocycles. The highest BCUT2D eigenvalue weighted by molar-refractivity contribution is 7.09. The molecule has 1 unspecified atom stereocenters. The quantitative estimate of drug-likeness (QED) is 0.859. The first-order valence-electron chi connectivity index (χ1n) is 6.57. The fourth-order valence-corrected chi connectivity index (χ4v) is 2.52. The number of carbonyl (C=O) groups excluding carboxylic acids is 1. The van der Waals surface area contributed by atoms with Crippen molar-refractivity contribution in [1.29, 1.82) is 0 Å². The number of aromatic nitrogens is 1. The van der Waals surface area contributed by atoms with E-state index in [9.17, 15) is 4.79 Å². The molecular weight excluding hydrogens is 341 g/mol. The van der Waals surface area contributed by atoms with Crippen molar-refractivity contribution in [3.63, 3.8) is 0 Å². The summed E-state index contributed by atoms with van der Waals surface area (Å²) in [5, 5.41) is 5.91. The van der Waals surface area contributed by atoms with Crippen LogP contribution in [0.4, 0.5) is 0 Å². The molecular formula is C15H21Cl2N3OS. The van der Waals surface area contributed by atoms with Crippen molar-refractivity contribution in [2.24, 2.45) is 5.73 Å². The smallest absolute Gasteiger partial charge is 0.241 e. The van der Waals surface area contributed by atoms with Gasteiger partial charge in [-0.05, 0) is 19.4 Å². The van der Waals surface area contributed by atoms with Crippen molar-refractivity contribution in [3.05, 3.63) is 51.5 Å². The first-order chi connectivity index (χ1) is 9.56. The second-order valence-electron chi connectivity index (χ2n) is 4.79. The Hall–Kier alpha value is -1.14. The maximum absolute atomic E-state index is 12.0. The summed E-state index contributed by atoms with van der Waals surface area (Å²) in [6.45, 7) is 4.53. The van der Waals surface area contributed by atoms with E-state index in [-0.39, 0.29) is 30.7 Å². The number of hydrogen-bond acceptors (Lipinski definition) is 4. The zero-order chi connectivity index (χ0) is 14.5. The predicted octanol–water partition coefficient (Wildman–Crippen LogP) is 2.96. The first kappa shape index (κ1) is 20.9. The fraction of sp³-hybridized carbons (Fsp3) is 0.333. The van der Waals surface area contributed by atoms with Crippen molar-refractivity contribution in [2.45, 2.75) is 26.3 Å². The summed E-state index contributed by atoms with van der Waals surface area (Å²) in [7, 11) is 0. The fourth-order valence-electron chi connectivity index (χ4n) is 1.87. The van der Waals surface area contributed by atoms with Crippen LogP contribution in [0.2, 0.25) is 0 Å². The molecule has 0 aliphatic rings. The van der Waals surface area contributed by atoms with Gasteiger partial charge in [0.15, 0.2) is 0 Å². The molecule has 3 N–H and O–H groups in total. The lowest BCUT2D eigenvalue weighted by molar-refractivity contribution is -0.122. The van der Waals surface area contributed by atoms with Crippen molar-refractivity contribution >= 4 is 42.1 Å². The zero-order valence-electron chi connectivity index (χ0n) is 12.5. The van der Waals surface area contributed by atoms with Gasteiger partial charge in [0.05, 0.1) is 10.7 Å². The Bertz CT molecular complexity index is 587. The van der Waals surface area contributed by atoms with Crippen LogP contribution in [0.1, 0.15) is 27.9 Å². The van der Waals surface area contributed by atoms with Gasteiger partial charge in [-0.3, -0.25) is 4.79 Å². The van der Waals surface area contributed by atoms with Gasteiger partial charge in [0, 0.05) is 18.3 Å². The van der Waals surface area contributed by atoms with Gasteiger partial charge in [0.2, 0.25) is 5.91 Å². The van der Waals surface area contributed by atoms with Crippen LogP contribution in [0.25, 0.3) is 0 Å². The molecule has 1 amide bonds. The molecule has 0 aliphatic carbocycles. The maximum atomic E-state index is 12.0. The van der Waals surface area contributed by atoms with Gasteiger partial charge in [0.1, 0.15) is 6.04 Å². The lowest BCUT2D eigenvalue weighted by atomic mass is 10.1. The van der Waals surface area contributed by atoms with Crippen LogP contribution in [0.15, 0.2) is 29.6 Å². The third-order valence-electron chi connectivity index (χ3n) is 3.07. The molecule has 2 aromatic rings. The minimum absolute atomic E-state index is 0. The zero-order valence-corrected chi connectivity index (χ0v) is 15.0. The summed E-state index contributed by atoms with van der Waals surface area (Å²) in [5.41, 5.74) is 8.94. The number of halogens is 2. The summed E-state index contributed by atoms with van der Waals surface area (Å²) in [5.74, 6) is -0.152. The van der Waals surface area contributed by atoms with E-state index in [2.05, 4.69) is 10.3 Å². The molecule has 1 aromatic heterocycles. The third-order valence-corrected chi connectivity index (χ3v) is 3.89. The van der Waals surface area contributed by atoms with Gasteiger partial charge in [-0.2, -0.15) is 0 Å². The van der Waals surface area contributed by atoms with Crippen LogP contribution < -0.4 is 11.1 Å². The molecule has 0 radical (unpaired) electrons. The van der Waals surface area contributed by atoms with Crippen LogP contribution in [0, 0.1) is 13.8 Å². The SMILES string of the molecule is Cc1ccc(C(N)C(=O)NCCc2csc(C)n2)cc1.Cl.Cl. The second kappa shape index (κ2) is 9.79. The van der Waals surface area contributed by atoms with E-state index in [0.717, 1.165) is 28.2 Å². The van der Waals surface area contributed by atoms with E-state index in [1.807, 2.05) is 43.5 Å². The number of nitrogens with zero attached hydrogens (tertiary/aromatic N) is 1. The van der Waals surface area contributed by atoms with E-state index in [1.54, 1.807) is 11.3 Å².